The average Bonchev–Trinajstić information content (AvgIpc) is 3.61. The Morgan fingerprint density at radius 1 is 1.18 bits per heavy atom. The van der Waals surface area contributed by atoms with Crippen molar-refractivity contribution in [2.75, 3.05) is 38.0 Å². The molecule has 0 aliphatic carbocycles. The zero-order valence-corrected chi connectivity index (χ0v) is 19.8. The molecule has 3 aromatic heterocycles. The summed E-state index contributed by atoms with van der Waals surface area (Å²) in [5.74, 6) is 2.23. The van der Waals surface area contributed by atoms with E-state index in [0.29, 0.717) is 29.5 Å². The van der Waals surface area contributed by atoms with Crippen LogP contribution < -0.4 is 5.32 Å². The fraction of sp³-hybridized carbons (Fsp3) is 0.500. The van der Waals surface area contributed by atoms with Crippen LogP contribution >= 0.6 is 11.3 Å². The summed E-state index contributed by atoms with van der Waals surface area (Å²) in [6, 6.07) is 6.22. The molecule has 0 aromatic carbocycles. The van der Waals surface area contributed by atoms with Crippen LogP contribution in [0.2, 0.25) is 0 Å². The lowest BCUT2D eigenvalue weighted by molar-refractivity contribution is -0.116. The van der Waals surface area contributed by atoms with Gasteiger partial charge in [-0.15, -0.1) is 11.3 Å². The first kappa shape index (κ1) is 22.2. The molecule has 174 valence electrons. The molecule has 1 N–H and O–H groups in total. The predicted molar refractivity (Wildman–Crippen MR) is 129 cm³/mol. The number of nitrogens with zero attached hydrogens (tertiary/aromatic N) is 5. The predicted octanol–water partition coefficient (Wildman–Crippen LogP) is 4.06. The summed E-state index contributed by atoms with van der Waals surface area (Å²) in [6.07, 6.45) is 7.28. The van der Waals surface area contributed by atoms with E-state index in [0.717, 1.165) is 36.4 Å². The number of likely N-dealkylation sites (tertiary alicyclic amines) is 2. The highest BCUT2D eigenvalue weighted by atomic mass is 32.1. The van der Waals surface area contributed by atoms with E-state index >= 15 is 0 Å². The van der Waals surface area contributed by atoms with E-state index in [1.54, 1.807) is 12.3 Å². The third-order valence-electron chi connectivity index (χ3n) is 6.48. The Balaban J connectivity index is 1.20. The smallest absolute Gasteiger partial charge is 0.226 e. The summed E-state index contributed by atoms with van der Waals surface area (Å²) in [4.78, 5) is 31.3. The number of rotatable bonds is 7. The first-order valence-electron chi connectivity index (χ1n) is 11.8. The average molecular weight is 467 g/mol. The molecule has 0 radical (unpaired) electrons. The van der Waals surface area contributed by atoms with Gasteiger partial charge >= 0.3 is 0 Å². The topological polar surface area (TPSA) is 87.4 Å². The minimum Gasteiger partial charge on any atom is -0.458 e. The van der Waals surface area contributed by atoms with E-state index in [2.05, 4.69) is 30.1 Å². The van der Waals surface area contributed by atoms with E-state index in [9.17, 15) is 4.79 Å². The SMILES string of the molecule is Cc1ccc(-c2nc(NC(=O)CCN3CCC(N4CCCC4)CC3)cc(-c3nccs3)n2)o1. The standard InChI is InChI=1S/C24H30N6O2S/c1-17-4-5-20(32-17)23-26-19(24-25-9-15-33-24)16-21(28-23)27-22(31)8-14-29-12-6-18(7-13-29)30-10-2-3-11-30/h4-5,9,15-16,18H,2-3,6-8,10-14H2,1H3,(H,26,27,28,31). The van der Waals surface area contributed by atoms with Gasteiger partial charge in [0.05, 0.1) is 0 Å². The van der Waals surface area contributed by atoms with Gasteiger partial charge in [0.25, 0.3) is 0 Å². The Morgan fingerprint density at radius 2 is 2.00 bits per heavy atom. The second-order valence-corrected chi connectivity index (χ2v) is 9.72. The Hall–Kier alpha value is -2.62. The maximum Gasteiger partial charge on any atom is 0.226 e. The van der Waals surface area contributed by atoms with E-state index in [-0.39, 0.29) is 5.91 Å². The minimum atomic E-state index is -0.0398. The number of hydrogen-bond acceptors (Lipinski definition) is 8. The molecule has 0 saturated carbocycles. The van der Waals surface area contributed by atoms with Gasteiger partial charge in [-0.2, -0.15) is 0 Å². The van der Waals surface area contributed by atoms with Crippen LogP contribution in [0.5, 0.6) is 0 Å². The lowest BCUT2D eigenvalue weighted by atomic mass is 10.0. The van der Waals surface area contributed by atoms with Gasteiger partial charge in [-0.3, -0.25) is 4.79 Å². The molecule has 9 heteroatoms. The van der Waals surface area contributed by atoms with Crippen LogP contribution in [-0.2, 0) is 4.79 Å². The molecular weight excluding hydrogens is 436 g/mol. The van der Waals surface area contributed by atoms with Crippen molar-refractivity contribution < 1.29 is 9.21 Å². The lowest BCUT2D eigenvalue weighted by Gasteiger charge is -2.36. The number of furan rings is 1. The molecule has 2 aliphatic rings. The molecule has 0 unspecified atom stereocenters. The quantitative estimate of drug-likeness (QED) is 0.562. The lowest BCUT2D eigenvalue weighted by Crippen LogP contribution is -2.44. The molecule has 8 nitrogen and oxygen atoms in total. The van der Waals surface area contributed by atoms with Crippen LogP contribution in [0.4, 0.5) is 5.82 Å². The third-order valence-corrected chi connectivity index (χ3v) is 7.27. The second-order valence-electron chi connectivity index (χ2n) is 8.82. The van der Waals surface area contributed by atoms with E-state index in [1.807, 2.05) is 24.4 Å². The van der Waals surface area contributed by atoms with Crippen molar-refractivity contribution in [1.29, 1.82) is 0 Å². The molecule has 5 heterocycles. The van der Waals surface area contributed by atoms with Crippen LogP contribution in [-0.4, -0.2) is 69.4 Å². The van der Waals surface area contributed by atoms with Crippen LogP contribution in [0.25, 0.3) is 22.3 Å². The van der Waals surface area contributed by atoms with Crippen molar-refractivity contribution in [3.63, 3.8) is 0 Å². The summed E-state index contributed by atoms with van der Waals surface area (Å²) in [5, 5.41) is 5.64. The normalized spacial score (nSPS) is 18.1. The van der Waals surface area contributed by atoms with Gasteiger partial charge in [0.15, 0.2) is 11.6 Å². The maximum atomic E-state index is 12.7. The molecule has 1 amide bonds. The monoisotopic (exact) mass is 466 g/mol. The summed E-state index contributed by atoms with van der Waals surface area (Å²) in [6.45, 7) is 7.30. The van der Waals surface area contributed by atoms with Crippen LogP contribution in [0.15, 0.2) is 34.2 Å². The number of hydrogen-bond donors (Lipinski definition) is 1. The maximum absolute atomic E-state index is 12.7. The number of amides is 1. The number of carbonyl (C=O) groups is 1. The number of piperidine rings is 1. The van der Waals surface area contributed by atoms with Crippen LogP contribution in [0, 0.1) is 6.92 Å². The Labute approximate surface area is 198 Å². The van der Waals surface area contributed by atoms with Gasteiger partial charge in [0.1, 0.15) is 22.3 Å². The Morgan fingerprint density at radius 3 is 2.70 bits per heavy atom. The van der Waals surface area contributed by atoms with Crippen molar-refractivity contribution in [2.24, 2.45) is 0 Å². The van der Waals surface area contributed by atoms with Crippen LogP contribution in [0.1, 0.15) is 37.9 Å². The zero-order chi connectivity index (χ0) is 22.6. The summed E-state index contributed by atoms with van der Waals surface area (Å²) in [5.41, 5.74) is 0.670. The highest BCUT2D eigenvalue weighted by molar-refractivity contribution is 7.13. The molecule has 3 aromatic rings. The first-order chi connectivity index (χ1) is 16.1. The second kappa shape index (κ2) is 10.1. The number of thiazole rings is 1. The highest BCUT2D eigenvalue weighted by Crippen LogP contribution is 2.27. The number of carbonyl (C=O) groups excluding carboxylic acids is 1. The van der Waals surface area contributed by atoms with E-state index in [4.69, 9.17) is 4.42 Å². The molecule has 2 aliphatic heterocycles. The summed E-state index contributed by atoms with van der Waals surface area (Å²) >= 11 is 1.50. The zero-order valence-electron chi connectivity index (χ0n) is 19.0. The third kappa shape index (κ3) is 5.48. The van der Waals surface area contributed by atoms with Gasteiger partial charge in [-0.25, -0.2) is 15.0 Å². The fourth-order valence-electron chi connectivity index (χ4n) is 4.72. The largest absolute Gasteiger partial charge is 0.458 e. The molecule has 0 spiro atoms. The van der Waals surface area contributed by atoms with Gasteiger partial charge in [-0.1, -0.05) is 0 Å². The highest BCUT2D eigenvalue weighted by Gasteiger charge is 2.26. The van der Waals surface area contributed by atoms with Crippen molar-refractivity contribution in [3.05, 3.63) is 35.5 Å². The van der Waals surface area contributed by atoms with Gasteiger partial charge in [0, 0.05) is 36.7 Å². The van der Waals surface area contributed by atoms with Crippen molar-refractivity contribution >= 4 is 23.1 Å². The molecule has 5 rings (SSSR count). The molecule has 0 atom stereocenters. The number of aryl methyl sites for hydroxylation is 1. The van der Waals surface area contributed by atoms with Crippen molar-refractivity contribution in [2.45, 2.75) is 45.1 Å². The number of nitrogens with one attached hydrogen (secondary N) is 1. The van der Waals surface area contributed by atoms with Gasteiger partial charge in [-0.05, 0) is 70.9 Å². The number of aromatic nitrogens is 3. The number of anilines is 1. The van der Waals surface area contributed by atoms with Gasteiger partial charge in [0.2, 0.25) is 5.91 Å². The summed E-state index contributed by atoms with van der Waals surface area (Å²) in [7, 11) is 0. The Bertz CT molecular complexity index is 1070. The molecule has 2 saturated heterocycles. The molecule has 2 fully saturated rings. The molecular formula is C24H30N6O2S. The van der Waals surface area contributed by atoms with E-state index in [1.165, 1.54) is 50.1 Å². The summed E-state index contributed by atoms with van der Waals surface area (Å²) < 4.78 is 5.71. The first-order valence-corrected chi connectivity index (χ1v) is 12.6. The van der Waals surface area contributed by atoms with Crippen molar-refractivity contribution in [3.8, 4) is 22.3 Å². The Kier molecular flexibility index (Phi) is 6.80. The minimum absolute atomic E-state index is 0.0398. The van der Waals surface area contributed by atoms with Gasteiger partial charge < -0.3 is 19.5 Å². The fourth-order valence-corrected chi connectivity index (χ4v) is 5.31. The van der Waals surface area contributed by atoms with Crippen LogP contribution in [0.3, 0.4) is 0 Å². The van der Waals surface area contributed by atoms with Crippen molar-refractivity contribution in [1.82, 2.24) is 24.8 Å². The molecule has 0 bridgehead atoms. The molecule has 33 heavy (non-hydrogen) atoms. The van der Waals surface area contributed by atoms with E-state index < -0.39 is 0 Å².